The lowest BCUT2D eigenvalue weighted by atomic mass is 10.0. The average Bonchev–Trinajstić information content (AvgIpc) is 3.37. The minimum atomic E-state index is -0.200. The van der Waals surface area contributed by atoms with Gasteiger partial charge < -0.3 is 10.2 Å². The van der Waals surface area contributed by atoms with E-state index in [1.54, 1.807) is 4.90 Å². The summed E-state index contributed by atoms with van der Waals surface area (Å²) in [4.78, 5) is 27.7. The van der Waals surface area contributed by atoms with Gasteiger partial charge in [-0.15, -0.1) is 11.3 Å². The number of aromatic amines is 1. The fraction of sp³-hybridized carbons (Fsp3) is 0.250. The Bertz CT molecular complexity index is 934. The largest absolute Gasteiger partial charge is 0.350 e. The number of hydrogen-bond acceptors (Lipinski definition) is 4. The van der Waals surface area contributed by atoms with Crippen molar-refractivity contribution in [2.24, 2.45) is 0 Å². The van der Waals surface area contributed by atoms with Crippen molar-refractivity contribution in [3.05, 3.63) is 75.2 Å². The second kappa shape index (κ2) is 7.75. The van der Waals surface area contributed by atoms with Crippen LogP contribution < -0.4 is 5.32 Å². The quantitative estimate of drug-likeness (QED) is 0.714. The van der Waals surface area contributed by atoms with Crippen LogP contribution >= 0.6 is 11.3 Å². The van der Waals surface area contributed by atoms with Crippen LogP contribution in [0.3, 0.4) is 0 Å². The van der Waals surface area contributed by atoms with Gasteiger partial charge in [-0.25, -0.2) is 0 Å². The zero-order valence-electron chi connectivity index (χ0n) is 14.8. The molecule has 2 aromatic heterocycles. The SMILES string of the molecule is O=C(NCCc1ccccc1)c1n[nH]c2c1CN(C(=O)c1cccs1)CC2. The maximum Gasteiger partial charge on any atom is 0.272 e. The number of amides is 2. The van der Waals surface area contributed by atoms with Gasteiger partial charge in [0.2, 0.25) is 0 Å². The zero-order chi connectivity index (χ0) is 18.6. The maximum atomic E-state index is 12.6. The molecule has 7 heteroatoms. The summed E-state index contributed by atoms with van der Waals surface area (Å²) in [7, 11) is 0. The van der Waals surface area contributed by atoms with Gasteiger partial charge in [0.25, 0.3) is 11.8 Å². The highest BCUT2D eigenvalue weighted by Gasteiger charge is 2.28. The number of nitrogens with one attached hydrogen (secondary N) is 2. The molecule has 6 nitrogen and oxygen atoms in total. The van der Waals surface area contributed by atoms with E-state index >= 15 is 0 Å². The highest BCUT2D eigenvalue weighted by atomic mass is 32.1. The van der Waals surface area contributed by atoms with Crippen LogP contribution in [0.4, 0.5) is 0 Å². The highest BCUT2D eigenvalue weighted by molar-refractivity contribution is 7.12. The number of nitrogens with zero attached hydrogens (tertiary/aromatic N) is 2. The number of aromatic nitrogens is 2. The van der Waals surface area contributed by atoms with Crippen LogP contribution in [0, 0.1) is 0 Å². The summed E-state index contributed by atoms with van der Waals surface area (Å²) in [6.07, 6.45) is 1.44. The maximum absolute atomic E-state index is 12.6. The van der Waals surface area contributed by atoms with Gasteiger partial charge in [0, 0.05) is 30.8 Å². The van der Waals surface area contributed by atoms with Crippen LogP contribution in [0.2, 0.25) is 0 Å². The summed E-state index contributed by atoms with van der Waals surface area (Å²) < 4.78 is 0. The first-order valence-corrected chi connectivity index (χ1v) is 9.81. The Morgan fingerprint density at radius 2 is 2.04 bits per heavy atom. The van der Waals surface area contributed by atoms with Crippen molar-refractivity contribution in [1.29, 1.82) is 0 Å². The monoisotopic (exact) mass is 380 g/mol. The van der Waals surface area contributed by atoms with Crippen LogP contribution in [0.1, 0.15) is 37.0 Å². The van der Waals surface area contributed by atoms with E-state index < -0.39 is 0 Å². The molecule has 0 aliphatic carbocycles. The van der Waals surface area contributed by atoms with Gasteiger partial charge in [-0.1, -0.05) is 36.4 Å². The van der Waals surface area contributed by atoms with Crippen LogP contribution in [-0.4, -0.2) is 40.0 Å². The minimum absolute atomic E-state index is 0.00675. The first-order valence-electron chi connectivity index (χ1n) is 8.93. The number of H-pyrrole nitrogens is 1. The molecule has 0 bridgehead atoms. The van der Waals surface area contributed by atoms with Crippen molar-refractivity contribution in [3.63, 3.8) is 0 Å². The van der Waals surface area contributed by atoms with Gasteiger partial charge in [0.05, 0.1) is 11.4 Å². The van der Waals surface area contributed by atoms with Gasteiger partial charge in [0.1, 0.15) is 0 Å². The summed E-state index contributed by atoms with van der Waals surface area (Å²) >= 11 is 1.43. The van der Waals surface area contributed by atoms with E-state index in [0.29, 0.717) is 31.7 Å². The van der Waals surface area contributed by atoms with E-state index in [2.05, 4.69) is 15.5 Å². The predicted molar refractivity (Wildman–Crippen MR) is 104 cm³/mol. The van der Waals surface area contributed by atoms with Crippen molar-refractivity contribution in [2.75, 3.05) is 13.1 Å². The van der Waals surface area contributed by atoms with Crippen LogP contribution in [0.25, 0.3) is 0 Å². The van der Waals surface area contributed by atoms with Gasteiger partial charge in [-0.3, -0.25) is 14.7 Å². The van der Waals surface area contributed by atoms with Crippen molar-refractivity contribution in [1.82, 2.24) is 20.4 Å². The zero-order valence-corrected chi connectivity index (χ0v) is 15.6. The van der Waals surface area contributed by atoms with E-state index in [9.17, 15) is 9.59 Å². The molecule has 0 unspecified atom stereocenters. The molecule has 2 N–H and O–H groups in total. The third-order valence-corrected chi connectivity index (χ3v) is 5.57. The van der Waals surface area contributed by atoms with E-state index in [1.165, 1.54) is 16.9 Å². The fourth-order valence-electron chi connectivity index (χ4n) is 3.26. The van der Waals surface area contributed by atoms with E-state index in [-0.39, 0.29) is 11.8 Å². The van der Waals surface area contributed by atoms with E-state index in [1.807, 2.05) is 47.8 Å². The number of benzene rings is 1. The predicted octanol–water partition coefficient (Wildman–Crippen LogP) is 2.64. The Balaban J connectivity index is 1.41. The van der Waals surface area contributed by atoms with Crippen LogP contribution in [0.5, 0.6) is 0 Å². The molecule has 3 heterocycles. The van der Waals surface area contributed by atoms with E-state index in [0.717, 1.165) is 22.6 Å². The molecule has 0 saturated carbocycles. The number of carbonyl (C=O) groups is 2. The smallest absolute Gasteiger partial charge is 0.272 e. The Labute approximate surface area is 161 Å². The number of fused-ring (bicyclic) bond motifs is 1. The molecule has 4 rings (SSSR count). The van der Waals surface area contributed by atoms with Gasteiger partial charge in [-0.05, 0) is 23.4 Å². The average molecular weight is 380 g/mol. The summed E-state index contributed by atoms with van der Waals surface area (Å²) in [6.45, 7) is 1.58. The van der Waals surface area contributed by atoms with Gasteiger partial charge in [-0.2, -0.15) is 5.10 Å². The van der Waals surface area contributed by atoms with Crippen molar-refractivity contribution in [3.8, 4) is 0 Å². The summed E-state index contributed by atoms with van der Waals surface area (Å²) in [5, 5.41) is 12.0. The lowest BCUT2D eigenvalue weighted by Crippen LogP contribution is -2.36. The van der Waals surface area contributed by atoms with Crippen molar-refractivity contribution in [2.45, 2.75) is 19.4 Å². The molecule has 2 amide bonds. The summed E-state index contributed by atoms with van der Waals surface area (Å²) in [5.41, 5.74) is 3.33. The molecular weight excluding hydrogens is 360 g/mol. The Kier molecular flexibility index (Phi) is 5.02. The first-order chi connectivity index (χ1) is 13.2. The van der Waals surface area contributed by atoms with Crippen LogP contribution in [-0.2, 0) is 19.4 Å². The molecule has 0 saturated heterocycles. The van der Waals surface area contributed by atoms with Crippen LogP contribution in [0.15, 0.2) is 47.8 Å². The fourth-order valence-corrected chi connectivity index (χ4v) is 3.95. The first kappa shape index (κ1) is 17.5. The molecule has 1 aromatic carbocycles. The molecule has 27 heavy (non-hydrogen) atoms. The van der Waals surface area contributed by atoms with Crippen molar-refractivity contribution < 1.29 is 9.59 Å². The number of thiophene rings is 1. The normalized spacial score (nSPS) is 13.3. The Morgan fingerprint density at radius 3 is 2.81 bits per heavy atom. The minimum Gasteiger partial charge on any atom is -0.350 e. The summed E-state index contributed by atoms with van der Waals surface area (Å²) in [6, 6.07) is 13.7. The van der Waals surface area contributed by atoms with E-state index in [4.69, 9.17) is 0 Å². The standard InChI is InChI=1S/C20H20N4O2S/c25-19(21-10-8-14-5-2-1-3-6-14)18-15-13-24(11-9-16(15)22-23-18)20(26)17-7-4-12-27-17/h1-7,12H,8-11,13H2,(H,21,25)(H,22,23). The van der Waals surface area contributed by atoms with Gasteiger partial charge in [0.15, 0.2) is 5.69 Å². The number of carbonyl (C=O) groups excluding carboxylic acids is 2. The molecule has 0 fully saturated rings. The third kappa shape index (κ3) is 3.78. The molecule has 1 aliphatic rings. The van der Waals surface area contributed by atoms with Crippen molar-refractivity contribution >= 4 is 23.2 Å². The molecule has 0 atom stereocenters. The molecule has 1 aliphatic heterocycles. The molecule has 0 spiro atoms. The molecular formula is C20H20N4O2S. The Morgan fingerprint density at radius 1 is 1.19 bits per heavy atom. The highest BCUT2D eigenvalue weighted by Crippen LogP contribution is 2.23. The lowest BCUT2D eigenvalue weighted by Gasteiger charge is -2.26. The Hall–Kier alpha value is -2.93. The van der Waals surface area contributed by atoms with Gasteiger partial charge >= 0.3 is 0 Å². The summed E-state index contributed by atoms with van der Waals surface area (Å²) in [5.74, 6) is -0.193. The third-order valence-electron chi connectivity index (χ3n) is 4.71. The number of rotatable bonds is 5. The topological polar surface area (TPSA) is 78.1 Å². The second-order valence-electron chi connectivity index (χ2n) is 6.47. The number of hydrogen-bond donors (Lipinski definition) is 2. The lowest BCUT2D eigenvalue weighted by molar-refractivity contribution is 0.0736. The molecule has 138 valence electrons. The molecule has 3 aromatic rings. The molecule has 0 radical (unpaired) electrons. The second-order valence-corrected chi connectivity index (χ2v) is 7.42.